The maximum Gasteiger partial charge on any atom is 0.151 e. The summed E-state index contributed by atoms with van der Waals surface area (Å²) in [4.78, 5) is 11.9. The first kappa shape index (κ1) is 20.0. The van der Waals surface area contributed by atoms with E-state index in [1.54, 1.807) is 0 Å². The van der Waals surface area contributed by atoms with E-state index in [2.05, 4.69) is 19.1 Å². The monoisotopic (exact) mass is 374 g/mol. The molecule has 0 bridgehead atoms. The zero-order chi connectivity index (χ0) is 19.6. The Morgan fingerprint density at radius 1 is 0.714 bits per heavy atom. The highest BCUT2D eigenvalue weighted by Gasteiger charge is 2.29. The van der Waals surface area contributed by atoms with E-state index in [4.69, 9.17) is 9.47 Å². The van der Waals surface area contributed by atoms with Crippen LogP contribution in [0.15, 0.2) is 91.0 Å². The Morgan fingerprint density at radius 2 is 1.18 bits per heavy atom. The Labute approximate surface area is 166 Å². The van der Waals surface area contributed by atoms with Crippen molar-refractivity contribution in [3.05, 3.63) is 108 Å². The van der Waals surface area contributed by atoms with E-state index in [0.29, 0.717) is 13.2 Å². The van der Waals surface area contributed by atoms with E-state index in [1.165, 1.54) is 0 Å². The van der Waals surface area contributed by atoms with Crippen LogP contribution in [0.2, 0.25) is 0 Å². The van der Waals surface area contributed by atoms with Gasteiger partial charge in [0.1, 0.15) is 6.10 Å². The second-order valence-corrected chi connectivity index (χ2v) is 6.86. The molecule has 0 saturated heterocycles. The zero-order valence-electron chi connectivity index (χ0n) is 16.1. The van der Waals surface area contributed by atoms with Gasteiger partial charge in [0.05, 0.1) is 19.3 Å². The highest BCUT2D eigenvalue weighted by atomic mass is 16.5. The lowest BCUT2D eigenvalue weighted by Crippen LogP contribution is -2.37. The lowest BCUT2D eigenvalue weighted by molar-refractivity contribution is -0.135. The van der Waals surface area contributed by atoms with Gasteiger partial charge in [0.25, 0.3) is 0 Å². The molecule has 3 aromatic carbocycles. The molecule has 0 N–H and O–H groups in total. The van der Waals surface area contributed by atoms with E-state index in [-0.39, 0.29) is 12.0 Å². The fraction of sp³-hybridized carbons (Fsp3) is 0.240. The first-order valence-electron chi connectivity index (χ1n) is 9.59. The minimum atomic E-state index is -0.654. The average molecular weight is 374 g/mol. The molecular formula is C25H26O3. The van der Waals surface area contributed by atoms with Crippen LogP contribution in [0.1, 0.15) is 29.5 Å². The molecule has 3 rings (SSSR count). The number of carbonyl (C=O) groups excluding carboxylic acids is 1. The summed E-state index contributed by atoms with van der Waals surface area (Å²) in [6, 6.07) is 29.9. The molecule has 0 radical (unpaired) electrons. The van der Waals surface area contributed by atoms with Gasteiger partial charge in [-0.25, -0.2) is 0 Å². The number of benzene rings is 3. The summed E-state index contributed by atoms with van der Waals surface area (Å²) >= 11 is 0. The molecular weight excluding hydrogens is 348 g/mol. The second-order valence-electron chi connectivity index (χ2n) is 6.86. The number of aldehydes is 1. The van der Waals surface area contributed by atoms with Gasteiger partial charge in [0.2, 0.25) is 0 Å². The van der Waals surface area contributed by atoms with Crippen LogP contribution in [0, 0.1) is 0 Å². The SMILES string of the molecule is CC(c1ccccc1)[C@@H](OCc1ccccc1)[C@H](C=O)OCc1ccccc1. The van der Waals surface area contributed by atoms with Crippen LogP contribution >= 0.6 is 0 Å². The van der Waals surface area contributed by atoms with Gasteiger partial charge >= 0.3 is 0 Å². The molecule has 28 heavy (non-hydrogen) atoms. The van der Waals surface area contributed by atoms with Gasteiger partial charge in [-0.1, -0.05) is 97.9 Å². The first-order valence-corrected chi connectivity index (χ1v) is 9.59. The fourth-order valence-corrected chi connectivity index (χ4v) is 3.21. The molecule has 0 fully saturated rings. The van der Waals surface area contributed by atoms with Gasteiger partial charge in [0, 0.05) is 5.92 Å². The standard InChI is InChI=1S/C25H26O3/c1-20(23-15-9-4-10-16-23)25(28-19-22-13-7-3-8-14-22)24(17-26)27-18-21-11-5-2-6-12-21/h2-17,20,24-25H,18-19H2,1H3/t20?,24-,25+/m0/s1. The van der Waals surface area contributed by atoms with Crippen molar-refractivity contribution in [1.82, 2.24) is 0 Å². The van der Waals surface area contributed by atoms with E-state index in [9.17, 15) is 4.79 Å². The van der Waals surface area contributed by atoms with Crippen LogP contribution in [0.3, 0.4) is 0 Å². The third-order valence-electron chi connectivity index (χ3n) is 4.85. The minimum absolute atomic E-state index is 0.0101. The molecule has 0 heterocycles. The molecule has 1 unspecified atom stereocenters. The molecule has 0 aliphatic heterocycles. The van der Waals surface area contributed by atoms with Crippen molar-refractivity contribution in [2.45, 2.75) is 38.3 Å². The van der Waals surface area contributed by atoms with Crippen molar-refractivity contribution in [3.8, 4) is 0 Å². The smallest absolute Gasteiger partial charge is 0.151 e. The van der Waals surface area contributed by atoms with Crippen LogP contribution in [0.5, 0.6) is 0 Å². The molecule has 0 spiro atoms. The Bertz CT molecular complexity index is 818. The molecule has 0 aliphatic rings. The molecule has 3 aromatic rings. The highest BCUT2D eigenvalue weighted by molar-refractivity contribution is 5.57. The number of hydrogen-bond donors (Lipinski definition) is 0. The van der Waals surface area contributed by atoms with Crippen LogP contribution in [-0.4, -0.2) is 18.5 Å². The lowest BCUT2D eigenvalue weighted by Gasteiger charge is -2.29. The number of ether oxygens (including phenoxy) is 2. The number of hydrogen-bond acceptors (Lipinski definition) is 3. The summed E-state index contributed by atoms with van der Waals surface area (Å²) in [6.45, 7) is 2.88. The summed E-state index contributed by atoms with van der Waals surface area (Å²) in [6.07, 6.45) is -0.180. The summed E-state index contributed by atoms with van der Waals surface area (Å²) in [5.74, 6) is 0.0101. The summed E-state index contributed by atoms with van der Waals surface area (Å²) in [5, 5.41) is 0. The van der Waals surface area contributed by atoms with Gasteiger partial charge in [0.15, 0.2) is 6.29 Å². The molecule has 0 aromatic heterocycles. The Balaban J connectivity index is 1.75. The van der Waals surface area contributed by atoms with Crippen molar-refractivity contribution < 1.29 is 14.3 Å². The maximum absolute atomic E-state index is 11.9. The zero-order valence-corrected chi connectivity index (χ0v) is 16.1. The van der Waals surface area contributed by atoms with Crippen LogP contribution < -0.4 is 0 Å². The highest BCUT2D eigenvalue weighted by Crippen LogP contribution is 2.26. The third-order valence-corrected chi connectivity index (χ3v) is 4.85. The maximum atomic E-state index is 11.9. The van der Waals surface area contributed by atoms with Crippen molar-refractivity contribution in [3.63, 3.8) is 0 Å². The molecule has 144 valence electrons. The van der Waals surface area contributed by atoms with Gasteiger partial charge in [-0.2, -0.15) is 0 Å². The van der Waals surface area contributed by atoms with E-state index < -0.39 is 6.10 Å². The molecule has 0 aliphatic carbocycles. The predicted octanol–water partition coefficient (Wildman–Crippen LogP) is 5.16. The van der Waals surface area contributed by atoms with Gasteiger partial charge in [-0.3, -0.25) is 0 Å². The number of carbonyl (C=O) groups is 1. The van der Waals surface area contributed by atoms with Crippen LogP contribution in [-0.2, 0) is 27.5 Å². The second kappa shape index (κ2) is 10.5. The topological polar surface area (TPSA) is 35.5 Å². The third kappa shape index (κ3) is 5.62. The molecule has 3 nitrogen and oxygen atoms in total. The van der Waals surface area contributed by atoms with Gasteiger partial charge in [-0.15, -0.1) is 0 Å². The van der Waals surface area contributed by atoms with Crippen molar-refractivity contribution >= 4 is 6.29 Å². The Hall–Kier alpha value is -2.75. The summed E-state index contributed by atoms with van der Waals surface area (Å²) < 4.78 is 12.2. The average Bonchev–Trinajstić information content (AvgIpc) is 2.77. The molecule has 0 saturated carbocycles. The predicted molar refractivity (Wildman–Crippen MR) is 111 cm³/mol. The summed E-state index contributed by atoms with van der Waals surface area (Å²) in [7, 11) is 0. The van der Waals surface area contributed by atoms with Crippen LogP contribution in [0.25, 0.3) is 0 Å². The van der Waals surface area contributed by atoms with Crippen molar-refractivity contribution in [2.75, 3.05) is 0 Å². The van der Waals surface area contributed by atoms with Gasteiger partial charge in [-0.05, 0) is 16.7 Å². The minimum Gasteiger partial charge on any atom is -0.370 e. The summed E-state index contributed by atoms with van der Waals surface area (Å²) in [5.41, 5.74) is 3.22. The molecule has 3 heteroatoms. The molecule has 0 amide bonds. The Morgan fingerprint density at radius 3 is 1.68 bits per heavy atom. The largest absolute Gasteiger partial charge is 0.370 e. The quantitative estimate of drug-likeness (QED) is 0.460. The normalized spacial score (nSPS) is 14.2. The van der Waals surface area contributed by atoms with Gasteiger partial charge < -0.3 is 14.3 Å². The van der Waals surface area contributed by atoms with E-state index in [1.807, 2.05) is 78.9 Å². The van der Waals surface area contributed by atoms with Crippen molar-refractivity contribution in [2.24, 2.45) is 0 Å². The molecule has 3 atom stereocenters. The lowest BCUT2D eigenvalue weighted by atomic mass is 9.92. The first-order chi connectivity index (χ1) is 13.8. The Kier molecular flexibility index (Phi) is 7.53. The van der Waals surface area contributed by atoms with E-state index in [0.717, 1.165) is 23.0 Å². The van der Waals surface area contributed by atoms with Crippen LogP contribution in [0.4, 0.5) is 0 Å². The fourth-order valence-electron chi connectivity index (χ4n) is 3.21. The van der Waals surface area contributed by atoms with E-state index >= 15 is 0 Å². The number of rotatable bonds is 10. The van der Waals surface area contributed by atoms with Crippen molar-refractivity contribution in [1.29, 1.82) is 0 Å².